The van der Waals surface area contributed by atoms with Crippen LogP contribution in [-0.4, -0.2) is 53.9 Å². The van der Waals surface area contributed by atoms with Crippen molar-refractivity contribution in [3.63, 3.8) is 0 Å². The molecule has 1 amide bonds. The van der Waals surface area contributed by atoms with E-state index in [9.17, 15) is 4.79 Å². The van der Waals surface area contributed by atoms with Crippen molar-refractivity contribution < 1.29 is 4.79 Å². The lowest BCUT2D eigenvalue weighted by molar-refractivity contribution is 0.0761. The fraction of sp³-hybridized carbons (Fsp3) is 0.538. The van der Waals surface area contributed by atoms with Crippen LogP contribution >= 0.6 is 27.5 Å². The average Bonchev–Trinajstić information content (AvgIpc) is 2.77. The molecule has 1 atom stereocenters. The van der Waals surface area contributed by atoms with Gasteiger partial charge in [0.05, 0.1) is 5.56 Å². The molecule has 1 aliphatic rings. The highest BCUT2D eigenvalue weighted by atomic mass is 79.9. The van der Waals surface area contributed by atoms with Crippen molar-refractivity contribution in [1.82, 2.24) is 14.8 Å². The van der Waals surface area contributed by atoms with E-state index in [1.54, 1.807) is 17.2 Å². The number of likely N-dealkylation sites (tertiary alicyclic amines) is 1. The SMILES string of the molecule is CN(CC1CCCN1C)C(=O)c1cc(Br)cnc1Cl. The maximum Gasteiger partial charge on any atom is 0.256 e. The molecule has 1 aromatic heterocycles. The summed E-state index contributed by atoms with van der Waals surface area (Å²) in [5.74, 6) is -0.0842. The molecule has 1 saturated heterocycles. The van der Waals surface area contributed by atoms with Gasteiger partial charge in [0, 0.05) is 30.3 Å². The normalized spacial score (nSPS) is 19.7. The lowest BCUT2D eigenvalue weighted by Gasteiger charge is -2.26. The third kappa shape index (κ3) is 3.46. The van der Waals surface area contributed by atoms with E-state index in [0.717, 1.165) is 24.0 Å². The van der Waals surface area contributed by atoms with Crippen molar-refractivity contribution in [1.29, 1.82) is 0 Å². The molecule has 19 heavy (non-hydrogen) atoms. The number of amides is 1. The van der Waals surface area contributed by atoms with E-state index >= 15 is 0 Å². The minimum absolute atomic E-state index is 0.0842. The summed E-state index contributed by atoms with van der Waals surface area (Å²) < 4.78 is 0.756. The van der Waals surface area contributed by atoms with Gasteiger partial charge in [-0.15, -0.1) is 0 Å². The first-order chi connectivity index (χ1) is 8.99. The second kappa shape index (κ2) is 6.20. The number of carbonyl (C=O) groups is 1. The van der Waals surface area contributed by atoms with Crippen LogP contribution in [0.15, 0.2) is 16.7 Å². The van der Waals surface area contributed by atoms with E-state index in [2.05, 4.69) is 32.9 Å². The fourth-order valence-corrected chi connectivity index (χ4v) is 2.90. The Morgan fingerprint density at radius 2 is 2.42 bits per heavy atom. The van der Waals surface area contributed by atoms with E-state index in [1.807, 2.05) is 7.05 Å². The number of likely N-dealkylation sites (N-methyl/N-ethyl adjacent to an activating group) is 2. The summed E-state index contributed by atoms with van der Waals surface area (Å²) in [6.07, 6.45) is 3.92. The molecule has 0 N–H and O–H groups in total. The molecule has 2 rings (SSSR count). The zero-order chi connectivity index (χ0) is 14.0. The smallest absolute Gasteiger partial charge is 0.256 e. The maximum atomic E-state index is 12.4. The Labute approximate surface area is 126 Å². The van der Waals surface area contributed by atoms with Crippen LogP contribution in [-0.2, 0) is 0 Å². The molecule has 2 heterocycles. The van der Waals surface area contributed by atoms with Crippen molar-refractivity contribution >= 4 is 33.4 Å². The molecular weight excluding hydrogens is 330 g/mol. The van der Waals surface area contributed by atoms with Gasteiger partial charge in [-0.05, 0) is 48.4 Å². The Morgan fingerprint density at radius 1 is 1.68 bits per heavy atom. The number of carbonyl (C=O) groups excluding carboxylic acids is 1. The molecule has 0 radical (unpaired) electrons. The van der Waals surface area contributed by atoms with Crippen LogP contribution < -0.4 is 0 Å². The summed E-state index contributed by atoms with van der Waals surface area (Å²) in [5.41, 5.74) is 0.444. The van der Waals surface area contributed by atoms with E-state index < -0.39 is 0 Å². The highest BCUT2D eigenvalue weighted by Gasteiger charge is 2.25. The molecule has 0 aromatic carbocycles. The second-order valence-electron chi connectivity index (χ2n) is 4.95. The Balaban J connectivity index is 2.08. The van der Waals surface area contributed by atoms with Gasteiger partial charge in [0.25, 0.3) is 5.91 Å². The van der Waals surface area contributed by atoms with Crippen LogP contribution in [0.5, 0.6) is 0 Å². The van der Waals surface area contributed by atoms with Crippen LogP contribution in [0.4, 0.5) is 0 Å². The lowest BCUT2D eigenvalue weighted by Crippen LogP contribution is -2.39. The van der Waals surface area contributed by atoms with Crippen LogP contribution in [0.2, 0.25) is 5.15 Å². The highest BCUT2D eigenvalue weighted by molar-refractivity contribution is 9.10. The largest absolute Gasteiger partial charge is 0.340 e. The van der Waals surface area contributed by atoms with Gasteiger partial charge in [-0.1, -0.05) is 11.6 Å². The molecule has 1 aliphatic heterocycles. The number of rotatable bonds is 3. The first kappa shape index (κ1) is 14.8. The molecule has 1 fully saturated rings. The first-order valence-electron chi connectivity index (χ1n) is 6.26. The fourth-order valence-electron chi connectivity index (χ4n) is 2.39. The third-order valence-corrected chi connectivity index (χ3v) is 4.27. The van der Waals surface area contributed by atoms with Gasteiger partial charge in [0.2, 0.25) is 0 Å². The topological polar surface area (TPSA) is 36.4 Å². The number of halogens is 2. The van der Waals surface area contributed by atoms with Gasteiger partial charge in [0.1, 0.15) is 5.15 Å². The van der Waals surface area contributed by atoms with Crippen LogP contribution in [0, 0.1) is 0 Å². The number of aromatic nitrogens is 1. The molecule has 0 bridgehead atoms. The molecule has 104 valence electrons. The summed E-state index contributed by atoms with van der Waals surface area (Å²) in [6, 6.07) is 2.15. The molecule has 6 heteroatoms. The van der Waals surface area contributed by atoms with Crippen molar-refractivity contribution in [3.05, 3.63) is 27.5 Å². The summed E-state index contributed by atoms with van der Waals surface area (Å²) in [5, 5.41) is 0.250. The van der Waals surface area contributed by atoms with Gasteiger partial charge < -0.3 is 9.80 Å². The minimum Gasteiger partial charge on any atom is -0.340 e. The average molecular weight is 347 g/mol. The zero-order valence-corrected chi connectivity index (χ0v) is 13.4. The number of hydrogen-bond acceptors (Lipinski definition) is 3. The van der Waals surface area contributed by atoms with Crippen molar-refractivity contribution in [2.24, 2.45) is 0 Å². The third-order valence-electron chi connectivity index (χ3n) is 3.54. The zero-order valence-electron chi connectivity index (χ0n) is 11.1. The summed E-state index contributed by atoms with van der Waals surface area (Å²) in [7, 11) is 3.91. The lowest BCUT2D eigenvalue weighted by atomic mass is 10.2. The Bertz CT molecular complexity index is 483. The predicted octanol–water partition coefficient (Wildman–Crippen LogP) is 2.66. The maximum absolute atomic E-state index is 12.4. The Morgan fingerprint density at radius 3 is 3.05 bits per heavy atom. The minimum atomic E-state index is -0.0842. The molecule has 0 saturated carbocycles. The number of nitrogens with zero attached hydrogens (tertiary/aromatic N) is 3. The molecule has 0 aliphatic carbocycles. The summed E-state index contributed by atoms with van der Waals surface area (Å²) in [6.45, 7) is 1.82. The number of hydrogen-bond donors (Lipinski definition) is 0. The predicted molar refractivity (Wildman–Crippen MR) is 79.6 cm³/mol. The van der Waals surface area contributed by atoms with Crippen LogP contribution in [0.1, 0.15) is 23.2 Å². The quantitative estimate of drug-likeness (QED) is 0.790. The van der Waals surface area contributed by atoms with Crippen molar-refractivity contribution in [3.8, 4) is 0 Å². The standard InChI is InChI=1S/C13H17BrClN3O/c1-17-5-3-4-10(17)8-18(2)13(19)11-6-9(14)7-16-12(11)15/h6-7,10H,3-5,8H2,1-2H3. The highest BCUT2D eigenvalue weighted by Crippen LogP contribution is 2.21. The van der Waals surface area contributed by atoms with Crippen molar-refractivity contribution in [2.75, 3.05) is 27.2 Å². The van der Waals surface area contributed by atoms with Crippen LogP contribution in [0.25, 0.3) is 0 Å². The Kier molecular flexibility index (Phi) is 4.81. The van der Waals surface area contributed by atoms with Gasteiger partial charge in [0.15, 0.2) is 0 Å². The van der Waals surface area contributed by atoms with E-state index in [-0.39, 0.29) is 11.1 Å². The van der Waals surface area contributed by atoms with E-state index in [0.29, 0.717) is 11.6 Å². The molecule has 4 nitrogen and oxygen atoms in total. The number of pyridine rings is 1. The Hall–Kier alpha value is -0.650. The molecular formula is C13H17BrClN3O. The van der Waals surface area contributed by atoms with E-state index in [1.165, 1.54) is 6.42 Å². The van der Waals surface area contributed by atoms with Gasteiger partial charge in [-0.2, -0.15) is 0 Å². The van der Waals surface area contributed by atoms with E-state index in [4.69, 9.17) is 11.6 Å². The van der Waals surface area contributed by atoms with Gasteiger partial charge in [-0.3, -0.25) is 4.79 Å². The molecule has 0 spiro atoms. The molecule has 1 unspecified atom stereocenters. The summed E-state index contributed by atoms with van der Waals surface area (Å²) in [4.78, 5) is 20.4. The molecule has 1 aromatic rings. The monoisotopic (exact) mass is 345 g/mol. The van der Waals surface area contributed by atoms with Gasteiger partial charge in [-0.25, -0.2) is 4.98 Å². The summed E-state index contributed by atoms with van der Waals surface area (Å²) >= 11 is 9.30. The van der Waals surface area contributed by atoms with Crippen molar-refractivity contribution in [2.45, 2.75) is 18.9 Å². The van der Waals surface area contributed by atoms with Crippen LogP contribution in [0.3, 0.4) is 0 Å². The van der Waals surface area contributed by atoms with Gasteiger partial charge >= 0.3 is 0 Å². The first-order valence-corrected chi connectivity index (χ1v) is 7.43. The second-order valence-corrected chi connectivity index (χ2v) is 6.23.